The van der Waals surface area contributed by atoms with Crippen LogP contribution < -0.4 is 5.32 Å². The molecule has 2 rings (SSSR count). The summed E-state index contributed by atoms with van der Waals surface area (Å²) >= 11 is 5.88. The Labute approximate surface area is 117 Å². The van der Waals surface area contributed by atoms with E-state index in [1.54, 1.807) is 6.07 Å². The summed E-state index contributed by atoms with van der Waals surface area (Å²) in [5.74, 6) is -0.246. The zero-order valence-corrected chi connectivity index (χ0v) is 11.2. The Balaban J connectivity index is 1.67. The van der Waals surface area contributed by atoms with Crippen molar-refractivity contribution >= 4 is 17.3 Å². The number of halogens is 2. The van der Waals surface area contributed by atoms with Gasteiger partial charge < -0.3 is 10.1 Å². The van der Waals surface area contributed by atoms with Crippen molar-refractivity contribution in [2.45, 2.75) is 6.61 Å². The number of benzene rings is 2. The van der Waals surface area contributed by atoms with Crippen molar-refractivity contribution in [1.29, 1.82) is 0 Å². The second-order valence-electron chi connectivity index (χ2n) is 4.12. The van der Waals surface area contributed by atoms with E-state index in [9.17, 15) is 4.39 Å². The molecule has 2 aromatic carbocycles. The molecule has 0 saturated carbocycles. The summed E-state index contributed by atoms with van der Waals surface area (Å²) in [6.45, 7) is 1.69. The Bertz CT molecular complexity index is 486. The molecule has 0 aliphatic rings. The van der Waals surface area contributed by atoms with E-state index in [1.807, 2.05) is 30.3 Å². The van der Waals surface area contributed by atoms with Gasteiger partial charge in [-0.1, -0.05) is 29.8 Å². The van der Waals surface area contributed by atoms with Crippen molar-refractivity contribution in [3.8, 4) is 0 Å². The van der Waals surface area contributed by atoms with Crippen molar-refractivity contribution < 1.29 is 9.13 Å². The predicted molar refractivity (Wildman–Crippen MR) is 76.0 cm³/mol. The molecule has 19 heavy (non-hydrogen) atoms. The van der Waals surface area contributed by atoms with Crippen LogP contribution in [0.5, 0.6) is 0 Å². The quantitative estimate of drug-likeness (QED) is 0.804. The molecular weight excluding hydrogens is 265 g/mol. The third-order valence-corrected chi connectivity index (χ3v) is 2.79. The lowest BCUT2D eigenvalue weighted by molar-refractivity contribution is 0.130. The third-order valence-electron chi connectivity index (χ3n) is 2.56. The minimum Gasteiger partial charge on any atom is -0.383 e. The smallest absolute Gasteiger partial charge is 0.125 e. The highest BCUT2D eigenvalue weighted by Crippen LogP contribution is 2.11. The predicted octanol–water partition coefficient (Wildman–Crippen LogP) is 4.11. The molecule has 0 radical (unpaired) electrons. The number of nitrogens with one attached hydrogen (secondary N) is 1. The van der Waals surface area contributed by atoms with Gasteiger partial charge in [0.25, 0.3) is 0 Å². The highest BCUT2D eigenvalue weighted by molar-refractivity contribution is 6.30. The average molecular weight is 280 g/mol. The molecule has 0 saturated heterocycles. The monoisotopic (exact) mass is 279 g/mol. The van der Waals surface area contributed by atoms with Gasteiger partial charge in [-0.2, -0.15) is 0 Å². The molecule has 0 unspecified atom stereocenters. The fourth-order valence-electron chi connectivity index (χ4n) is 1.68. The third kappa shape index (κ3) is 4.89. The van der Waals surface area contributed by atoms with Crippen LogP contribution in [-0.4, -0.2) is 13.2 Å². The van der Waals surface area contributed by atoms with Gasteiger partial charge in [-0.3, -0.25) is 0 Å². The van der Waals surface area contributed by atoms with E-state index in [0.29, 0.717) is 24.8 Å². The first kappa shape index (κ1) is 13.8. The van der Waals surface area contributed by atoms with Gasteiger partial charge in [0.05, 0.1) is 13.2 Å². The van der Waals surface area contributed by atoms with Crippen LogP contribution in [0.4, 0.5) is 10.1 Å². The molecule has 0 aromatic heterocycles. The zero-order chi connectivity index (χ0) is 13.5. The first-order valence-corrected chi connectivity index (χ1v) is 6.43. The Morgan fingerprint density at radius 3 is 2.74 bits per heavy atom. The zero-order valence-electron chi connectivity index (χ0n) is 10.4. The lowest BCUT2D eigenvalue weighted by Crippen LogP contribution is -2.09. The van der Waals surface area contributed by atoms with Crippen LogP contribution in [0.2, 0.25) is 5.02 Å². The maximum atomic E-state index is 12.9. The maximum absolute atomic E-state index is 12.9. The van der Waals surface area contributed by atoms with Crippen molar-refractivity contribution in [3.05, 3.63) is 64.9 Å². The molecule has 0 atom stereocenters. The summed E-state index contributed by atoms with van der Waals surface area (Å²) in [5, 5.41) is 3.80. The molecule has 4 heteroatoms. The summed E-state index contributed by atoms with van der Waals surface area (Å²) < 4.78 is 18.4. The van der Waals surface area contributed by atoms with Gasteiger partial charge in [0.2, 0.25) is 0 Å². The van der Waals surface area contributed by atoms with Gasteiger partial charge in [-0.05, 0) is 35.9 Å². The molecule has 0 aliphatic carbocycles. The van der Waals surface area contributed by atoms with Crippen LogP contribution >= 0.6 is 11.6 Å². The van der Waals surface area contributed by atoms with E-state index >= 15 is 0 Å². The molecule has 2 nitrogen and oxygen atoms in total. The van der Waals surface area contributed by atoms with Gasteiger partial charge in [-0.25, -0.2) is 4.39 Å². The van der Waals surface area contributed by atoms with E-state index in [0.717, 1.165) is 11.3 Å². The second kappa shape index (κ2) is 7.12. The summed E-state index contributed by atoms with van der Waals surface area (Å²) in [5.41, 5.74) is 1.80. The largest absolute Gasteiger partial charge is 0.383 e. The van der Waals surface area contributed by atoms with Crippen LogP contribution in [0.1, 0.15) is 5.56 Å². The van der Waals surface area contributed by atoms with Crippen molar-refractivity contribution in [1.82, 2.24) is 0 Å². The fraction of sp³-hybridized carbons (Fsp3) is 0.200. The number of ether oxygens (including phenoxy) is 1. The minimum absolute atomic E-state index is 0.246. The molecule has 0 spiro atoms. The van der Waals surface area contributed by atoms with Crippen LogP contribution in [0, 0.1) is 5.82 Å². The summed E-state index contributed by atoms with van der Waals surface area (Å²) in [6, 6.07) is 13.9. The number of hydrogen-bond donors (Lipinski definition) is 1. The molecule has 0 aliphatic heterocycles. The van der Waals surface area contributed by atoms with E-state index in [1.165, 1.54) is 12.1 Å². The summed E-state index contributed by atoms with van der Waals surface area (Å²) in [7, 11) is 0. The minimum atomic E-state index is -0.246. The molecule has 0 fully saturated rings. The Hall–Kier alpha value is -1.58. The molecule has 0 bridgehead atoms. The Morgan fingerprint density at radius 2 is 1.95 bits per heavy atom. The normalized spacial score (nSPS) is 10.4. The number of rotatable bonds is 6. The van der Waals surface area contributed by atoms with Crippen molar-refractivity contribution in [2.24, 2.45) is 0 Å². The topological polar surface area (TPSA) is 21.3 Å². The molecule has 0 heterocycles. The first-order chi connectivity index (χ1) is 9.24. The maximum Gasteiger partial charge on any atom is 0.125 e. The van der Waals surface area contributed by atoms with Gasteiger partial charge >= 0.3 is 0 Å². The standard InChI is InChI=1S/C15H15ClFNO/c16-13-4-1-3-12(9-13)11-19-8-7-18-15-6-2-5-14(17)10-15/h1-6,9-10,18H,7-8,11H2. The molecule has 100 valence electrons. The highest BCUT2D eigenvalue weighted by atomic mass is 35.5. The van der Waals surface area contributed by atoms with E-state index < -0.39 is 0 Å². The second-order valence-corrected chi connectivity index (χ2v) is 4.56. The highest BCUT2D eigenvalue weighted by Gasteiger charge is 1.96. The van der Waals surface area contributed by atoms with Gasteiger partial charge in [0.1, 0.15) is 5.82 Å². The van der Waals surface area contributed by atoms with Crippen molar-refractivity contribution in [3.63, 3.8) is 0 Å². The summed E-state index contributed by atoms with van der Waals surface area (Å²) in [6.07, 6.45) is 0. The van der Waals surface area contributed by atoms with Gasteiger partial charge in [0.15, 0.2) is 0 Å². The Kier molecular flexibility index (Phi) is 5.19. The first-order valence-electron chi connectivity index (χ1n) is 6.06. The molecular formula is C15H15ClFNO. The SMILES string of the molecule is Fc1cccc(NCCOCc2cccc(Cl)c2)c1. The van der Waals surface area contributed by atoms with Gasteiger partial charge in [0, 0.05) is 17.3 Å². The number of anilines is 1. The van der Waals surface area contributed by atoms with Crippen LogP contribution in [0.15, 0.2) is 48.5 Å². The van der Waals surface area contributed by atoms with Gasteiger partial charge in [-0.15, -0.1) is 0 Å². The lowest BCUT2D eigenvalue weighted by atomic mass is 10.2. The number of hydrogen-bond acceptors (Lipinski definition) is 2. The lowest BCUT2D eigenvalue weighted by Gasteiger charge is -2.07. The van der Waals surface area contributed by atoms with Crippen LogP contribution in [0.3, 0.4) is 0 Å². The summed E-state index contributed by atoms with van der Waals surface area (Å²) in [4.78, 5) is 0. The molecule has 1 N–H and O–H groups in total. The van der Waals surface area contributed by atoms with Crippen LogP contribution in [0.25, 0.3) is 0 Å². The van der Waals surface area contributed by atoms with Crippen molar-refractivity contribution in [2.75, 3.05) is 18.5 Å². The molecule has 0 amide bonds. The Morgan fingerprint density at radius 1 is 1.11 bits per heavy atom. The van der Waals surface area contributed by atoms with E-state index in [-0.39, 0.29) is 5.82 Å². The van der Waals surface area contributed by atoms with E-state index in [2.05, 4.69) is 5.32 Å². The van der Waals surface area contributed by atoms with Crippen LogP contribution in [-0.2, 0) is 11.3 Å². The fourth-order valence-corrected chi connectivity index (χ4v) is 1.90. The van der Waals surface area contributed by atoms with E-state index in [4.69, 9.17) is 16.3 Å². The average Bonchev–Trinajstić information content (AvgIpc) is 2.38. The molecule has 2 aromatic rings.